The van der Waals surface area contributed by atoms with E-state index in [-0.39, 0.29) is 19.0 Å². The van der Waals surface area contributed by atoms with E-state index in [9.17, 15) is 0 Å². The van der Waals surface area contributed by atoms with Gasteiger partial charge in [0.1, 0.15) is 11.5 Å². The highest BCUT2D eigenvalue weighted by molar-refractivity contribution is 5.85. The lowest BCUT2D eigenvalue weighted by Crippen LogP contribution is -2.46. The number of aryl methyl sites for hydroxylation is 1. The Hall–Kier alpha value is -3.48. The molecule has 0 saturated carbocycles. The first kappa shape index (κ1) is 35.4. The summed E-state index contributed by atoms with van der Waals surface area (Å²) >= 11 is 0. The van der Waals surface area contributed by atoms with Crippen molar-refractivity contribution < 1.29 is 14.6 Å². The molecular formula is C34H49ClN8O3. The first-order chi connectivity index (χ1) is 21.9. The number of aliphatic hydroxyl groups is 1. The van der Waals surface area contributed by atoms with Gasteiger partial charge >= 0.3 is 0 Å². The highest BCUT2D eigenvalue weighted by Gasteiger charge is 2.17. The number of aliphatic hydroxyl groups excluding tert-OH is 1. The molecule has 0 aliphatic carbocycles. The monoisotopic (exact) mass is 652 g/mol. The van der Waals surface area contributed by atoms with Gasteiger partial charge in [-0.05, 0) is 37.6 Å². The second kappa shape index (κ2) is 17.4. The summed E-state index contributed by atoms with van der Waals surface area (Å²) in [5.41, 5.74) is 5.43. The number of nitrogens with zero attached hydrogens (tertiary/aromatic N) is 7. The fourth-order valence-corrected chi connectivity index (χ4v) is 5.73. The molecule has 250 valence electrons. The van der Waals surface area contributed by atoms with Gasteiger partial charge in [0, 0.05) is 106 Å². The topological polar surface area (TPSA) is 104 Å². The van der Waals surface area contributed by atoms with Crippen LogP contribution in [0.25, 0.3) is 22.3 Å². The van der Waals surface area contributed by atoms with Crippen LogP contribution in [0, 0.1) is 0 Å². The number of fused-ring (bicyclic) bond motifs is 1. The molecule has 2 N–H and O–H groups in total. The van der Waals surface area contributed by atoms with Crippen molar-refractivity contribution >= 4 is 34.8 Å². The highest BCUT2D eigenvalue weighted by Crippen LogP contribution is 2.34. The molecule has 2 aromatic heterocycles. The first-order valence-corrected chi connectivity index (χ1v) is 16.0. The van der Waals surface area contributed by atoms with Gasteiger partial charge in [0.25, 0.3) is 0 Å². The molecule has 4 aromatic rings. The third kappa shape index (κ3) is 9.52. The van der Waals surface area contributed by atoms with Crippen molar-refractivity contribution in [1.29, 1.82) is 0 Å². The molecule has 1 fully saturated rings. The number of hydrogen-bond donors (Lipinski definition) is 2. The number of halogens is 1. The van der Waals surface area contributed by atoms with Crippen molar-refractivity contribution in [2.45, 2.75) is 39.3 Å². The van der Waals surface area contributed by atoms with E-state index >= 15 is 0 Å². The van der Waals surface area contributed by atoms with Crippen molar-refractivity contribution in [2.75, 3.05) is 78.1 Å². The SMILES string of the molecule is COc1cc(OC)cc(N(CCNC(C)C)c2ccc3ncc(-c4cnn(CCCN5CCN(CCCO)CC5)c4)nc3c2)c1.Cl. The van der Waals surface area contributed by atoms with Crippen LogP contribution in [0.3, 0.4) is 0 Å². The summed E-state index contributed by atoms with van der Waals surface area (Å²) < 4.78 is 13.1. The lowest BCUT2D eigenvalue weighted by atomic mass is 10.2. The van der Waals surface area contributed by atoms with Gasteiger partial charge in [-0.3, -0.25) is 9.67 Å². The normalized spacial score (nSPS) is 14.0. The van der Waals surface area contributed by atoms with Gasteiger partial charge < -0.3 is 34.6 Å². The van der Waals surface area contributed by atoms with Crippen LogP contribution in [0.15, 0.2) is 55.0 Å². The van der Waals surface area contributed by atoms with Crippen molar-refractivity contribution in [3.63, 3.8) is 0 Å². The number of methoxy groups -OCH3 is 2. The van der Waals surface area contributed by atoms with Gasteiger partial charge in [-0.1, -0.05) is 13.8 Å². The quantitative estimate of drug-likeness (QED) is 0.180. The summed E-state index contributed by atoms with van der Waals surface area (Å²) in [4.78, 5) is 17.0. The van der Waals surface area contributed by atoms with Crippen LogP contribution in [0.1, 0.15) is 26.7 Å². The molecule has 12 heteroatoms. The molecular weight excluding hydrogens is 604 g/mol. The predicted molar refractivity (Wildman–Crippen MR) is 187 cm³/mol. The van der Waals surface area contributed by atoms with Gasteiger partial charge in [0.2, 0.25) is 0 Å². The van der Waals surface area contributed by atoms with Crippen LogP contribution < -0.4 is 19.7 Å². The second-order valence-electron chi connectivity index (χ2n) is 11.9. The number of aromatic nitrogens is 4. The smallest absolute Gasteiger partial charge is 0.124 e. The van der Waals surface area contributed by atoms with E-state index in [1.807, 2.05) is 41.3 Å². The first-order valence-electron chi connectivity index (χ1n) is 16.0. The number of ether oxygens (including phenoxy) is 2. The number of rotatable bonds is 16. The maximum absolute atomic E-state index is 9.07. The fourth-order valence-electron chi connectivity index (χ4n) is 5.73. The van der Waals surface area contributed by atoms with E-state index in [1.54, 1.807) is 14.2 Å². The lowest BCUT2D eigenvalue weighted by Gasteiger charge is -2.34. The average molecular weight is 653 g/mol. The Morgan fingerprint density at radius 2 is 1.57 bits per heavy atom. The fraction of sp³-hybridized carbons (Fsp3) is 0.500. The Kier molecular flexibility index (Phi) is 13.4. The van der Waals surface area contributed by atoms with Crippen LogP contribution in [0.5, 0.6) is 11.5 Å². The number of hydrogen-bond acceptors (Lipinski definition) is 10. The molecule has 1 aliphatic rings. The average Bonchev–Trinajstić information content (AvgIpc) is 3.54. The summed E-state index contributed by atoms with van der Waals surface area (Å²) in [6.07, 6.45) is 7.68. The molecule has 0 amide bonds. The third-order valence-corrected chi connectivity index (χ3v) is 8.26. The van der Waals surface area contributed by atoms with E-state index in [2.05, 4.69) is 57.3 Å². The van der Waals surface area contributed by atoms with Crippen LogP contribution >= 0.6 is 12.4 Å². The molecule has 3 heterocycles. The molecule has 0 radical (unpaired) electrons. The number of piperazine rings is 1. The van der Waals surface area contributed by atoms with Crippen molar-refractivity contribution in [2.24, 2.45) is 0 Å². The minimum atomic E-state index is 0. The molecule has 0 bridgehead atoms. The largest absolute Gasteiger partial charge is 0.497 e. The van der Waals surface area contributed by atoms with Crippen LogP contribution in [0.2, 0.25) is 0 Å². The lowest BCUT2D eigenvalue weighted by molar-refractivity contribution is 0.122. The second-order valence-corrected chi connectivity index (χ2v) is 11.9. The molecule has 5 rings (SSSR count). The van der Waals surface area contributed by atoms with E-state index in [4.69, 9.17) is 24.5 Å². The summed E-state index contributed by atoms with van der Waals surface area (Å²) in [6.45, 7) is 13.4. The molecule has 0 atom stereocenters. The Balaban J connectivity index is 0.00000480. The van der Waals surface area contributed by atoms with Crippen LogP contribution in [-0.2, 0) is 6.54 Å². The van der Waals surface area contributed by atoms with Crippen LogP contribution in [-0.4, -0.2) is 114 Å². The van der Waals surface area contributed by atoms with Gasteiger partial charge in [0.05, 0.1) is 43.3 Å². The third-order valence-electron chi connectivity index (χ3n) is 8.26. The summed E-state index contributed by atoms with van der Waals surface area (Å²) in [6, 6.07) is 12.5. The van der Waals surface area contributed by atoms with Crippen molar-refractivity contribution in [1.82, 2.24) is 34.9 Å². The maximum atomic E-state index is 9.07. The zero-order valence-electron chi connectivity index (χ0n) is 27.6. The standard InChI is InChI=1S/C34H48N8O3.ClH/c1-26(2)35-9-13-42(29-19-30(44-3)22-31(20-29)45-4)28-7-8-32-33(21-28)38-34(24-36-32)27-23-37-41(25-27)12-5-10-39-14-16-40(17-15-39)11-6-18-43;/h7-8,19-26,35,43H,5-6,9-18H2,1-4H3;1H. The molecule has 0 unspecified atom stereocenters. The molecule has 1 aliphatic heterocycles. The summed E-state index contributed by atoms with van der Waals surface area (Å²) in [7, 11) is 3.34. The minimum absolute atomic E-state index is 0. The van der Waals surface area contributed by atoms with Gasteiger partial charge in [-0.2, -0.15) is 5.10 Å². The number of nitrogens with one attached hydrogen (secondary N) is 1. The molecule has 11 nitrogen and oxygen atoms in total. The Bertz CT molecular complexity index is 1490. The predicted octanol–water partition coefficient (Wildman–Crippen LogP) is 4.46. The van der Waals surface area contributed by atoms with Gasteiger partial charge in [-0.15, -0.1) is 12.4 Å². The van der Waals surface area contributed by atoms with Crippen molar-refractivity contribution in [3.8, 4) is 22.8 Å². The molecule has 2 aromatic carbocycles. The van der Waals surface area contributed by atoms with Gasteiger partial charge in [0.15, 0.2) is 0 Å². The zero-order valence-corrected chi connectivity index (χ0v) is 28.4. The Morgan fingerprint density at radius 1 is 0.870 bits per heavy atom. The maximum Gasteiger partial charge on any atom is 0.124 e. The zero-order chi connectivity index (χ0) is 31.6. The summed E-state index contributed by atoms with van der Waals surface area (Å²) in [5.74, 6) is 1.48. The van der Waals surface area contributed by atoms with Crippen LogP contribution in [0.4, 0.5) is 11.4 Å². The minimum Gasteiger partial charge on any atom is -0.497 e. The molecule has 0 spiro atoms. The van der Waals surface area contributed by atoms with Gasteiger partial charge in [-0.25, -0.2) is 4.98 Å². The molecule has 1 saturated heterocycles. The van der Waals surface area contributed by atoms with E-state index in [0.29, 0.717) is 6.04 Å². The highest BCUT2D eigenvalue weighted by atomic mass is 35.5. The molecule has 46 heavy (non-hydrogen) atoms. The summed E-state index contributed by atoms with van der Waals surface area (Å²) in [5, 5.41) is 17.2. The number of benzene rings is 2. The van der Waals surface area contributed by atoms with Crippen molar-refractivity contribution in [3.05, 3.63) is 55.0 Å². The van der Waals surface area contributed by atoms with E-state index < -0.39 is 0 Å². The Labute approximate surface area is 278 Å². The van der Waals surface area contributed by atoms with E-state index in [0.717, 1.165) is 117 Å². The van der Waals surface area contributed by atoms with E-state index in [1.165, 1.54) is 0 Å². The Morgan fingerprint density at radius 3 is 2.22 bits per heavy atom. The number of anilines is 2.